The largest absolute Gasteiger partial charge is 0.339 e. The third-order valence-electron chi connectivity index (χ3n) is 5.78. The van der Waals surface area contributed by atoms with E-state index in [0.717, 1.165) is 25.1 Å². The van der Waals surface area contributed by atoms with Crippen LogP contribution < -0.4 is 0 Å². The van der Waals surface area contributed by atoms with Crippen LogP contribution in [-0.2, 0) is 4.79 Å². The van der Waals surface area contributed by atoms with Gasteiger partial charge in [0.2, 0.25) is 5.91 Å². The van der Waals surface area contributed by atoms with Crippen LogP contribution in [0.3, 0.4) is 0 Å². The molecule has 0 aliphatic heterocycles. The van der Waals surface area contributed by atoms with Gasteiger partial charge >= 0.3 is 0 Å². The van der Waals surface area contributed by atoms with Crippen LogP contribution >= 0.6 is 0 Å². The molecule has 1 saturated carbocycles. The maximum absolute atomic E-state index is 12.9. The summed E-state index contributed by atoms with van der Waals surface area (Å²) in [7, 11) is 2.03. The SMILES string of the molecule is CCN(C(=O)CN(C)C(C)c1ccc(-n2cncn2)cc1)C1CCCCC1. The minimum atomic E-state index is 0.170. The highest BCUT2D eigenvalue weighted by atomic mass is 16.2. The summed E-state index contributed by atoms with van der Waals surface area (Å²) in [5, 5.41) is 4.15. The summed E-state index contributed by atoms with van der Waals surface area (Å²) < 4.78 is 1.74. The topological polar surface area (TPSA) is 54.3 Å². The molecule has 6 nitrogen and oxygen atoms in total. The lowest BCUT2D eigenvalue weighted by molar-refractivity contribution is -0.135. The van der Waals surface area contributed by atoms with E-state index in [9.17, 15) is 4.79 Å². The maximum atomic E-state index is 12.9. The minimum absolute atomic E-state index is 0.170. The molecule has 0 radical (unpaired) electrons. The second-order valence-electron chi connectivity index (χ2n) is 7.49. The molecule has 1 fully saturated rings. The van der Waals surface area contributed by atoms with Gasteiger partial charge in [-0.05, 0) is 51.4 Å². The van der Waals surface area contributed by atoms with Gasteiger partial charge in [-0.15, -0.1) is 0 Å². The standard InChI is InChI=1S/C21H31N5O/c1-4-25(19-8-6-5-7-9-19)21(27)14-24(3)17(2)18-10-12-20(13-11-18)26-16-22-15-23-26/h10-13,15-17,19H,4-9,14H2,1-3H3. The second kappa shape index (κ2) is 9.13. The molecule has 6 heteroatoms. The van der Waals surface area contributed by atoms with E-state index in [1.807, 2.05) is 19.2 Å². The minimum Gasteiger partial charge on any atom is -0.339 e. The Morgan fingerprint density at radius 2 is 1.93 bits per heavy atom. The maximum Gasteiger partial charge on any atom is 0.236 e. The van der Waals surface area contributed by atoms with Crippen molar-refractivity contribution in [2.24, 2.45) is 0 Å². The van der Waals surface area contributed by atoms with Gasteiger partial charge in [0.1, 0.15) is 12.7 Å². The Labute approximate surface area is 162 Å². The van der Waals surface area contributed by atoms with Gasteiger partial charge in [-0.1, -0.05) is 31.4 Å². The van der Waals surface area contributed by atoms with E-state index in [-0.39, 0.29) is 11.9 Å². The van der Waals surface area contributed by atoms with Crippen molar-refractivity contribution in [1.29, 1.82) is 0 Å². The molecule has 1 unspecified atom stereocenters. The highest BCUT2D eigenvalue weighted by molar-refractivity contribution is 5.78. The molecule has 3 rings (SSSR count). The summed E-state index contributed by atoms with van der Waals surface area (Å²) in [5.41, 5.74) is 2.17. The van der Waals surface area contributed by atoms with E-state index < -0.39 is 0 Å². The third-order valence-corrected chi connectivity index (χ3v) is 5.78. The van der Waals surface area contributed by atoms with Crippen molar-refractivity contribution in [1.82, 2.24) is 24.6 Å². The molecule has 1 aromatic heterocycles. The van der Waals surface area contributed by atoms with Crippen molar-refractivity contribution < 1.29 is 4.79 Å². The molecule has 1 aliphatic carbocycles. The fraction of sp³-hybridized carbons (Fsp3) is 0.571. The Hall–Kier alpha value is -2.21. The molecule has 27 heavy (non-hydrogen) atoms. The summed E-state index contributed by atoms with van der Waals surface area (Å²) in [6.07, 6.45) is 9.34. The normalized spacial score (nSPS) is 16.4. The van der Waals surface area contributed by atoms with Crippen LogP contribution in [0, 0.1) is 0 Å². The van der Waals surface area contributed by atoms with Crippen LogP contribution in [0.25, 0.3) is 5.69 Å². The predicted molar refractivity (Wildman–Crippen MR) is 107 cm³/mol. The Morgan fingerprint density at radius 3 is 2.52 bits per heavy atom. The highest BCUT2D eigenvalue weighted by Gasteiger charge is 2.25. The van der Waals surface area contributed by atoms with Gasteiger partial charge in [0.25, 0.3) is 0 Å². The number of hydrogen-bond donors (Lipinski definition) is 0. The highest BCUT2D eigenvalue weighted by Crippen LogP contribution is 2.24. The Morgan fingerprint density at radius 1 is 1.22 bits per heavy atom. The van der Waals surface area contributed by atoms with E-state index in [1.54, 1.807) is 11.0 Å². The quantitative estimate of drug-likeness (QED) is 0.750. The lowest BCUT2D eigenvalue weighted by Gasteiger charge is -2.35. The molecule has 2 aromatic rings. The van der Waals surface area contributed by atoms with Crippen molar-refractivity contribution in [3.8, 4) is 5.69 Å². The van der Waals surface area contributed by atoms with Crippen LogP contribution in [-0.4, -0.2) is 56.7 Å². The number of likely N-dealkylation sites (N-methyl/N-ethyl adjacent to an activating group) is 2. The molecule has 0 N–H and O–H groups in total. The first-order valence-electron chi connectivity index (χ1n) is 10.0. The van der Waals surface area contributed by atoms with E-state index in [4.69, 9.17) is 0 Å². The first-order valence-corrected chi connectivity index (χ1v) is 10.0. The average molecular weight is 370 g/mol. The summed E-state index contributed by atoms with van der Waals surface area (Å²) in [6.45, 7) is 5.50. The summed E-state index contributed by atoms with van der Waals surface area (Å²) in [4.78, 5) is 21.1. The molecule has 0 spiro atoms. The number of amides is 1. The first-order chi connectivity index (χ1) is 13.1. The number of carbonyl (C=O) groups excluding carboxylic acids is 1. The van der Waals surface area contributed by atoms with Crippen LogP contribution in [0.4, 0.5) is 0 Å². The predicted octanol–water partition coefficient (Wildman–Crippen LogP) is 3.44. The van der Waals surface area contributed by atoms with Crippen molar-refractivity contribution in [2.75, 3.05) is 20.1 Å². The molecular formula is C21H31N5O. The average Bonchev–Trinajstić information content (AvgIpc) is 3.24. The van der Waals surface area contributed by atoms with E-state index in [1.165, 1.54) is 31.2 Å². The molecule has 0 bridgehead atoms. The van der Waals surface area contributed by atoms with E-state index in [2.05, 4.69) is 45.9 Å². The van der Waals surface area contributed by atoms with E-state index in [0.29, 0.717) is 12.6 Å². The lowest BCUT2D eigenvalue weighted by Crippen LogP contribution is -2.46. The number of aromatic nitrogens is 3. The van der Waals surface area contributed by atoms with Crippen molar-refractivity contribution in [2.45, 2.75) is 58.0 Å². The summed E-state index contributed by atoms with van der Waals surface area (Å²) in [5.74, 6) is 0.248. The third kappa shape index (κ3) is 4.75. The summed E-state index contributed by atoms with van der Waals surface area (Å²) in [6, 6.07) is 8.88. The zero-order valence-corrected chi connectivity index (χ0v) is 16.7. The number of nitrogens with zero attached hydrogens (tertiary/aromatic N) is 5. The van der Waals surface area contributed by atoms with Crippen molar-refractivity contribution >= 4 is 5.91 Å². The Bertz CT molecular complexity index is 707. The van der Waals surface area contributed by atoms with Gasteiger partial charge in [-0.3, -0.25) is 9.69 Å². The van der Waals surface area contributed by atoms with Gasteiger partial charge in [0.05, 0.1) is 12.2 Å². The summed E-state index contributed by atoms with van der Waals surface area (Å²) >= 11 is 0. The Kier molecular flexibility index (Phi) is 6.61. The van der Waals surface area contributed by atoms with Crippen LogP contribution in [0.2, 0.25) is 0 Å². The second-order valence-corrected chi connectivity index (χ2v) is 7.49. The van der Waals surface area contributed by atoms with Crippen molar-refractivity contribution in [3.05, 3.63) is 42.5 Å². The number of rotatable bonds is 7. The van der Waals surface area contributed by atoms with Crippen LogP contribution in [0.15, 0.2) is 36.9 Å². The Balaban J connectivity index is 1.60. The lowest BCUT2D eigenvalue weighted by atomic mass is 9.94. The smallest absolute Gasteiger partial charge is 0.236 e. The van der Waals surface area contributed by atoms with E-state index >= 15 is 0 Å². The zero-order chi connectivity index (χ0) is 19.2. The molecular weight excluding hydrogens is 338 g/mol. The molecule has 1 heterocycles. The van der Waals surface area contributed by atoms with Gasteiger partial charge in [-0.2, -0.15) is 5.10 Å². The van der Waals surface area contributed by atoms with Crippen LogP contribution in [0.1, 0.15) is 57.6 Å². The van der Waals surface area contributed by atoms with Gasteiger partial charge in [0, 0.05) is 18.6 Å². The van der Waals surface area contributed by atoms with Gasteiger partial charge < -0.3 is 4.90 Å². The molecule has 1 atom stereocenters. The number of benzene rings is 1. The molecule has 1 aliphatic rings. The zero-order valence-electron chi connectivity index (χ0n) is 16.7. The molecule has 1 aromatic carbocycles. The number of hydrogen-bond acceptors (Lipinski definition) is 4. The first kappa shape index (κ1) is 19.5. The van der Waals surface area contributed by atoms with Gasteiger partial charge in [0.15, 0.2) is 0 Å². The molecule has 146 valence electrons. The van der Waals surface area contributed by atoms with Gasteiger partial charge in [-0.25, -0.2) is 9.67 Å². The molecule has 1 amide bonds. The fourth-order valence-corrected chi connectivity index (χ4v) is 3.97. The van der Waals surface area contributed by atoms with Crippen molar-refractivity contribution in [3.63, 3.8) is 0 Å². The number of carbonyl (C=O) groups is 1. The fourth-order valence-electron chi connectivity index (χ4n) is 3.97. The molecule has 0 saturated heterocycles. The monoisotopic (exact) mass is 369 g/mol. The van der Waals surface area contributed by atoms with Crippen LogP contribution in [0.5, 0.6) is 0 Å².